The molecule has 1 atom stereocenters. The van der Waals surface area contributed by atoms with E-state index in [1.54, 1.807) is 14.0 Å². The summed E-state index contributed by atoms with van der Waals surface area (Å²) in [5, 5.41) is 2.88. The molecule has 2 aliphatic rings. The van der Waals surface area contributed by atoms with Crippen molar-refractivity contribution in [2.24, 2.45) is 5.92 Å². The second kappa shape index (κ2) is 8.54. The average Bonchev–Trinajstić information content (AvgIpc) is 2.60. The van der Waals surface area contributed by atoms with Gasteiger partial charge in [-0.25, -0.2) is 0 Å². The number of ether oxygens (including phenoxy) is 1. The van der Waals surface area contributed by atoms with Gasteiger partial charge in [0.15, 0.2) is 0 Å². The third-order valence-corrected chi connectivity index (χ3v) is 5.48. The van der Waals surface area contributed by atoms with Gasteiger partial charge < -0.3 is 15.0 Å². The Morgan fingerprint density at radius 1 is 1.19 bits per heavy atom. The Labute approximate surface area is 155 Å². The van der Waals surface area contributed by atoms with Gasteiger partial charge in [0, 0.05) is 44.2 Å². The lowest BCUT2D eigenvalue weighted by Gasteiger charge is -2.36. The van der Waals surface area contributed by atoms with Gasteiger partial charge in [0.05, 0.1) is 7.11 Å². The summed E-state index contributed by atoms with van der Waals surface area (Å²) in [6.07, 6.45) is 3.03. The first-order valence-electron chi connectivity index (χ1n) is 9.52. The van der Waals surface area contributed by atoms with Crippen molar-refractivity contribution in [1.82, 2.24) is 15.1 Å². The first kappa shape index (κ1) is 18.7. The fourth-order valence-electron chi connectivity index (χ4n) is 3.54. The maximum Gasteiger partial charge on any atom is 0.244 e. The number of rotatable bonds is 6. The second-order valence-electron chi connectivity index (χ2n) is 7.27. The van der Waals surface area contributed by atoms with E-state index in [4.69, 9.17) is 4.74 Å². The average molecular weight is 359 g/mol. The number of amides is 2. The van der Waals surface area contributed by atoms with E-state index in [-0.39, 0.29) is 17.7 Å². The molecule has 1 aliphatic carbocycles. The summed E-state index contributed by atoms with van der Waals surface area (Å²) >= 11 is 0. The molecule has 0 spiro atoms. The molecular formula is C20H29N3O3. The van der Waals surface area contributed by atoms with Gasteiger partial charge in [0.2, 0.25) is 11.8 Å². The third-order valence-electron chi connectivity index (χ3n) is 5.48. The van der Waals surface area contributed by atoms with Gasteiger partial charge in [-0.15, -0.1) is 0 Å². The lowest BCUT2D eigenvalue weighted by atomic mass is 9.84. The SMILES string of the molecule is COc1ccccc1CN1CCN(C(=O)C(C)NC(=O)C2CCC2)CC1. The van der Waals surface area contributed by atoms with Gasteiger partial charge in [-0.3, -0.25) is 14.5 Å². The topological polar surface area (TPSA) is 61.9 Å². The van der Waals surface area contributed by atoms with E-state index in [9.17, 15) is 9.59 Å². The standard InChI is InChI=1S/C20H29N3O3/c1-15(21-19(24)16-7-5-8-16)20(25)23-12-10-22(11-13-23)14-17-6-3-4-9-18(17)26-2/h3-4,6,9,15-16H,5,7-8,10-14H2,1-2H3,(H,21,24). The van der Waals surface area contributed by atoms with Gasteiger partial charge in [-0.2, -0.15) is 0 Å². The number of piperazine rings is 1. The molecule has 1 aromatic rings. The molecule has 1 N–H and O–H groups in total. The highest BCUT2D eigenvalue weighted by Gasteiger charge is 2.30. The van der Waals surface area contributed by atoms with Gasteiger partial charge in [0.25, 0.3) is 0 Å². The maximum absolute atomic E-state index is 12.6. The van der Waals surface area contributed by atoms with Gasteiger partial charge in [0.1, 0.15) is 11.8 Å². The number of benzene rings is 1. The van der Waals surface area contributed by atoms with E-state index in [0.717, 1.165) is 50.2 Å². The van der Waals surface area contributed by atoms with Crippen molar-refractivity contribution in [2.75, 3.05) is 33.3 Å². The minimum atomic E-state index is -0.441. The molecule has 6 nitrogen and oxygen atoms in total. The van der Waals surface area contributed by atoms with Crippen molar-refractivity contribution >= 4 is 11.8 Å². The van der Waals surface area contributed by atoms with Crippen LogP contribution in [0, 0.1) is 5.92 Å². The lowest BCUT2D eigenvalue weighted by Crippen LogP contribution is -2.54. The highest BCUT2D eigenvalue weighted by Crippen LogP contribution is 2.26. The molecule has 1 saturated carbocycles. The largest absolute Gasteiger partial charge is 0.496 e. The molecule has 26 heavy (non-hydrogen) atoms. The van der Waals surface area contributed by atoms with E-state index in [1.807, 2.05) is 23.1 Å². The predicted octanol–water partition coefficient (Wildman–Crippen LogP) is 1.64. The van der Waals surface area contributed by atoms with Crippen LogP contribution < -0.4 is 10.1 Å². The van der Waals surface area contributed by atoms with Crippen LogP contribution in [0.3, 0.4) is 0 Å². The van der Waals surface area contributed by atoms with Crippen molar-refractivity contribution in [2.45, 2.75) is 38.8 Å². The Hall–Kier alpha value is -2.08. The molecule has 0 bridgehead atoms. The minimum Gasteiger partial charge on any atom is -0.496 e. The number of para-hydroxylation sites is 1. The van der Waals surface area contributed by atoms with Crippen molar-refractivity contribution < 1.29 is 14.3 Å². The Balaban J connectivity index is 1.46. The summed E-state index contributed by atoms with van der Waals surface area (Å²) in [7, 11) is 1.69. The second-order valence-corrected chi connectivity index (χ2v) is 7.27. The van der Waals surface area contributed by atoms with Crippen LogP contribution in [0.5, 0.6) is 5.75 Å². The van der Waals surface area contributed by atoms with Crippen LogP contribution in [-0.4, -0.2) is 60.9 Å². The predicted molar refractivity (Wildman–Crippen MR) is 99.8 cm³/mol. The Kier molecular flexibility index (Phi) is 6.14. The highest BCUT2D eigenvalue weighted by atomic mass is 16.5. The quantitative estimate of drug-likeness (QED) is 0.839. The molecule has 2 amide bonds. The fourth-order valence-corrected chi connectivity index (χ4v) is 3.54. The molecule has 0 aromatic heterocycles. The first-order chi connectivity index (χ1) is 12.6. The molecule has 6 heteroatoms. The van der Waals surface area contributed by atoms with Crippen molar-refractivity contribution in [3.05, 3.63) is 29.8 Å². The molecular weight excluding hydrogens is 330 g/mol. The molecule has 1 heterocycles. The number of carbonyl (C=O) groups is 2. The number of nitrogens with one attached hydrogen (secondary N) is 1. The van der Waals surface area contributed by atoms with E-state index < -0.39 is 6.04 Å². The van der Waals surface area contributed by atoms with Crippen molar-refractivity contribution in [3.63, 3.8) is 0 Å². The maximum atomic E-state index is 12.6. The Morgan fingerprint density at radius 2 is 1.88 bits per heavy atom. The van der Waals surface area contributed by atoms with E-state index in [1.165, 1.54) is 0 Å². The van der Waals surface area contributed by atoms with Gasteiger partial charge in [-0.05, 0) is 25.8 Å². The van der Waals surface area contributed by atoms with E-state index in [2.05, 4.69) is 16.3 Å². The molecule has 1 aromatic carbocycles. The monoisotopic (exact) mass is 359 g/mol. The number of hydrogen-bond donors (Lipinski definition) is 1. The summed E-state index contributed by atoms with van der Waals surface area (Å²) in [5.74, 6) is 1.07. The van der Waals surface area contributed by atoms with Gasteiger partial charge >= 0.3 is 0 Å². The van der Waals surface area contributed by atoms with E-state index in [0.29, 0.717) is 13.1 Å². The summed E-state index contributed by atoms with van der Waals surface area (Å²) in [6, 6.07) is 7.60. The lowest BCUT2D eigenvalue weighted by molar-refractivity contribution is -0.139. The van der Waals surface area contributed by atoms with Crippen LogP contribution >= 0.6 is 0 Å². The fraction of sp³-hybridized carbons (Fsp3) is 0.600. The van der Waals surface area contributed by atoms with Gasteiger partial charge in [-0.1, -0.05) is 24.6 Å². The normalized spacial score (nSPS) is 19.5. The zero-order valence-corrected chi connectivity index (χ0v) is 15.7. The van der Waals surface area contributed by atoms with Crippen molar-refractivity contribution in [1.29, 1.82) is 0 Å². The van der Waals surface area contributed by atoms with Crippen LogP contribution in [-0.2, 0) is 16.1 Å². The van der Waals surface area contributed by atoms with Crippen molar-refractivity contribution in [3.8, 4) is 5.75 Å². The summed E-state index contributed by atoms with van der Waals surface area (Å²) in [5.41, 5.74) is 1.16. The third kappa shape index (κ3) is 4.36. The zero-order valence-electron chi connectivity index (χ0n) is 15.7. The molecule has 1 aliphatic heterocycles. The molecule has 142 valence electrons. The molecule has 1 saturated heterocycles. The Morgan fingerprint density at radius 3 is 2.50 bits per heavy atom. The molecule has 3 rings (SSSR count). The first-order valence-corrected chi connectivity index (χ1v) is 9.52. The summed E-state index contributed by atoms with van der Waals surface area (Å²) in [6.45, 7) is 5.65. The Bertz CT molecular complexity index is 637. The minimum absolute atomic E-state index is 0.0228. The molecule has 0 radical (unpaired) electrons. The summed E-state index contributed by atoms with van der Waals surface area (Å²) in [4.78, 5) is 28.8. The van der Waals surface area contributed by atoms with Crippen LogP contribution in [0.1, 0.15) is 31.7 Å². The number of carbonyl (C=O) groups excluding carboxylic acids is 2. The molecule has 2 fully saturated rings. The van der Waals surface area contributed by atoms with Crippen LogP contribution in [0.25, 0.3) is 0 Å². The molecule has 1 unspecified atom stereocenters. The van der Waals surface area contributed by atoms with Crippen LogP contribution in [0.15, 0.2) is 24.3 Å². The smallest absolute Gasteiger partial charge is 0.244 e. The zero-order chi connectivity index (χ0) is 18.5. The highest BCUT2D eigenvalue weighted by molar-refractivity contribution is 5.88. The van der Waals surface area contributed by atoms with E-state index >= 15 is 0 Å². The number of hydrogen-bond acceptors (Lipinski definition) is 4. The number of methoxy groups -OCH3 is 1. The van der Waals surface area contributed by atoms with Crippen LogP contribution in [0.2, 0.25) is 0 Å². The summed E-state index contributed by atoms with van der Waals surface area (Å²) < 4.78 is 5.42. The number of nitrogens with zero attached hydrogens (tertiary/aromatic N) is 2. The van der Waals surface area contributed by atoms with Crippen LogP contribution in [0.4, 0.5) is 0 Å².